The van der Waals surface area contributed by atoms with Gasteiger partial charge >= 0.3 is 0 Å². The van der Waals surface area contributed by atoms with Gasteiger partial charge < -0.3 is 4.90 Å². The molecule has 3 atom stereocenters. The Bertz CT molecular complexity index is 1420. The standard InChI is InChI=1S/C32H37N2S4/c1-5-33-27-19-25(35-3)11-13-29(27)37-31(33)17-21-7-9-23-10-8-22(16-24(23)15-21)18-32-34(6-2)28-20-26(36-4)12-14-30(28)38-32/h11-20,23,27,29H,5-10H2,1-4H3/q+1. The molecule has 38 heavy (non-hydrogen) atoms. The molecular weight excluding hydrogens is 541 g/mol. The van der Waals surface area contributed by atoms with Crippen molar-refractivity contribution in [3.8, 4) is 0 Å². The van der Waals surface area contributed by atoms with Crippen molar-refractivity contribution in [2.75, 3.05) is 19.1 Å². The number of thioether (sulfide) groups is 3. The molecule has 0 spiro atoms. The van der Waals surface area contributed by atoms with E-state index in [-0.39, 0.29) is 0 Å². The Kier molecular flexibility index (Phi) is 8.04. The van der Waals surface area contributed by atoms with Gasteiger partial charge in [-0.15, -0.1) is 23.5 Å². The second kappa shape index (κ2) is 11.5. The first-order chi connectivity index (χ1) is 18.6. The highest BCUT2D eigenvalue weighted by Crippen LogP contribution is 2.45. The third-order valence-electron chi connectivity index (χ3n) is 8.21. The average Bonchev–Trinajstić information content (AvgIpc) is 3.47. The van der Waals surface area contributed by atoms with Gasteiger partial charge in [0.15, 0.2) is 0 Å². The Balaban J connectivity index is 1.29. The van der Waals surface area contributed by atoms with Crippen molar-refractivity contribution in [1.82, 2.24) is 4.90 Å². The van der Waals surface area contributed by atoms with Gasteiger partial charge in [0, 0.05) is 28.5 Å². The van der Waals surface area contributed by atoms with Crippen LogP contribution < -0.4 is 4.57 Å². The third kappa shape index (κ3) is 5.14. The van der Waals surface area contributed by atoms with E-state index in [2.05, 4.69) is 96.6 Å². The van der Waals surface area contributed by atoms with E-state index < -0.39 is 0 Å². The molecule has 6 heteroatoms. The molecule has 2 heterocycles. The number of allylic oxidation sites excluding steroid dienone is 7. The normalized spacial score (nSPS) is 27.0. The van der Waals surface area contributed by atoms with Crippen molar-refractivity contribution < 1.29 is 4.57 Å². The monoisotopic (exact) mass is 577 g/mol. The molecule has 198 valence electrons. The molecule has 0 N–H and O–H groups in total. The summed E-state index contributed by atoms with van der Waals surface area (Å²) in [6.45, 7) is 6.63. The molecule has 3 unspecified atom stereocenters. The molecule has 1 saturated heterocycles. The SMILES string of the molecule is CCN1C(=CC2=CC3=CC(=Cc4sc5ccc(SC)cc5[n+]4CC)CCC3CC2)SC2C=CC(SC)=CC21. The summed E-state index contributed by atoms with van der Waals surface area (Å²) in [5.74, 6) is 0.718. The molecule has 1 aliphatic heterocycles. The van der Waals surface area contributed by atoms with Gasteiger partial charge in [-0.1, -0.05) is 47.4 Å². The summed E-state index contributed by atoms with van der Waals surface area (Å²) < 4.78 is 3.87. The minimum atomic E-state index is 0.489. The van der Waals surface area contributed by atoms with Gasteiger partial charge in [-0.3, -0.25) is 0 Å². The third-order valence-corrected chi connectivity index (χ3v) is 12.1. The second-order valence-corrected chi connectivity index (χ2v) is 14.4. The quantitative estimate of drug-likeness (QED) is 0.250. The molecule has 2 aromatic rings. The van der Waals surface area contributed by atoms with Crippen LogP contribution in [-0.4, -0.2) is 35.2 Å². The Labute approximate surface area is 244 Å². The van der Waals surface area contributed by atoms with E-state index in [9.17, 15) is 0 Å². The molecule has 4 aliphatic rings. The largest absolute Gasteiger partial charge is 0.359 e. The fourth-order valence-electron chi connectivity index (χ4n) is 6.17. The minimum Gasteiger partial charge on any atom is -0.359 e. The first kappa shape index (κ1) is 26.6. The second-order valence-electron chi connectivity index (χ2n) is 10.3. The lowest BCUT2D eigenvalue weighted by Crippen LogP contribution is -2.33. The molecule has 6 rings (SSSR count). The molecule has 0 saturated carbocycles. The Hall–Kier alpha value is -1.60. The number of hydrogen-bond acceptors (Lipinski definition) is 5. The zero-order valence-electron chi connectivity index (χ0n) is 22.8. The van der Waals surface area contributed by atoms with Crippen LogP contribution in [0.4, 0.5) is 0 Å². The number of nitrogens with zero attached hydrogens (tertiary/aromatic N) is 2. The van der Waals surface area contributed by atoms with Crippen molar-refractivity contribution >= 4 is 62.9 Å². The van der Waals surface area contributed by atoms with E-state index in [0.29, 0.717) is 11.3 Å². The van der Waals surface area contributed by atoms with Gasteiger partial charge in [0.05, 0.1) is 16.3 Å². The van der Waals surface area contributed by atoms with E-state index in [1.54, 1.807) is 5.57 Å². The predicted molar refractivity (Wildman–Crippen MR) is 172 cm³/mol. The van der Waals surface area contributed by atoms with Crippen molar-refractivity contribution in [2.24, 2.45) is 5.92 Å². The summed E-state index contributed by atoms with van der Waals surface area (Å²) in [6.07, 6.45) is 26.5. The Morgan fingerprint density at radius 1 is 1.08 bits per heavy atom. The maximum absolute atomic E-state index is 2.61. The van der Waals surface area contributed by atoms with Crippen LogP contribution in [0, 0.1) is 5.92 Å². The van der Waals surface area contributed by atoms with E-state index >= 15 is 0 Å². The Morgan fingerprint density at radius 2 is 1.95 bits per heavy atom. The lowest BCUT2D eigenvalue weighted by Gasteiger charge is -2.29. The van der Waals surface area contributed by atoms with Gasteiger partial charge in [-0.2, -0.15) is 4.57 Å². The number of hydrogen-bond donors (Lipinski definition) is 0. The Morgan fingerprint density at radius 3 is 2.74 bits per heavy atom. The van der Waals surface area contributed by atoms with Crippen LogP contribution in [0.3, 0.4) is 0 Å². The summed E-state index contributed by atoms with van der Waals surface area (Å²) in [6, 6.07) is 7.39. The molecule has 1 fully saturated rings. The number of aromatic nitrogens is 1. The van der Waals surface area contributed by atoms with Crippen LogP contribution in [-0.2, 0) is 6.54 Å². The highest BCUT2D eigenvalue weighted by Gasteiger charge is 2.36. The molecule has 0 radical (unpaired) electrons. The van der Waals surface area contributed by atoms with Gasteiger partial charge in [0.1, 0.15) is 11.2 Å². The molecular formula is C32H37N2S4+. The average molecular weight is 578 g/mol. The van der Waals surface area contributed by atoms with E-state index in [1.165, 1.54) is 66.9 Å². The molecule has 1 aromatic carbocycles. The fraction of sp³-hybridized carbons (Fsp3) is 0.406. The molecule has 1 aromatic heterocycles. The van der Waals surface area contributed by atoms with Crippen molar-refractivity contribution in [3.63, 3.8) is 0 Å². The van der Waals surface area contributed by atoms with Crippen LogP contribution in [0.25, 0.3) is 16.3 Å². The van der Waals surface area contributed by atoms with Crippen LogP contribution in [0.5, 0.6) is 0 Å². The van der Waals surface area contributed by atoms with Crippen LogP contribution in [0.1, 0.15) is 44.5 Å². The molecule has 0 amide bonds. The first-order valence-electron chi connectivity index (χ1n) is 13.8. The fourth-order valence-corrected chi connectivity index (χ4v) is 9.68. The maximum Gasteiger partial charge on any atom is 0.263 e. The lowest BCUT2D eigenvalue weighted by molar-refractivity contribution is -0.665. The zero-order chi connectivity index (χ0) is 26.2. The van der Waals surface area contributed by atoms with Crippen molar-refractivity contribution in [2.45, 2.75) is 62.3 Å². The number of thiazole rings is 1. The number of aryl methyl sites for hydroxylation is 1. The summed E-state index contributed by atoms with van der Waals surface area (Å²) in [5, 5.41) is 3.36. The van der Waals surface area contributed by atoms with Crippen LogP contribution >= 0.6 is 46.6 Å². The first-order valence-corrected chi connectivity index (χ1v) is 18.0. The number of rotatable bonds is 6. The summed E-state index contributed by atoms with van der Waals surface area (Å²) in [7, 11) is 0. The predicted octanol–water partition coefficient (Wildman–Crippen LogP) is 8.83. The highest BCUT2D eigenvalue weighted by molar-refractivity contribution is 8.04. The van der Waals surface area contributed by atoms with Gasteiger partial charge in [0.2, 0.25) is 5.52 Å². The van der Waals surface area contributed by atoms with Gasteiger partial charge in [-0.25, -0.2) is 0 Å². The summed E-state index contributed by atoms with van der Waals surface area (Å²) in [5.41, 5.74) is 5.90. The number of benzene rings is 1. The molecule has 3 aliphatic carbocycles. The van der Waals surface area contributed by atoms with E-state index in [4.69, 9.17) is 0 Å². The smallest absolute Gasteiger partial charge is 0.263 e. The molecule has 2 nitrogen and oxygen atoms in total. The highest BCUT2D eigenvalue weighted by atomic mass is 32.2. The van der Waals surface area contributed by atoms with Gasteiger partial charge in [0.25, 0.3) is 5.01 Å². The van der Waals surface area contributed by atoms with Crippen LogP contribution in [0.2, 0.25) is 0 Å². The minimum absolute atomic E-state index is 0.489. The summed E-state index contributed by atoms with van der Waals surface area (Å²) >= 11 is 7.65. The zero-order valence-corrected chi connectivity index (χ0v) is 26.0. The molecule has 0 bridgehead atoms. The van der Waals surface area contributed by atoms with Crippen molar-refractivity contribution in [1.29, 1.82) is 0 Å². The van der Waals surface area contributed by atoms with Crippen LogP contribution in [0.15, 0.2) is 86.2 Å². The topological polar surface area (TPSA) is 7.12 Å². The number of likely N-dealkylation sites (N-methyl/N-ethyl adjacent to an activating group) is 1. The van der Waals surface area contributed by atoms with E-state index in [0.717, 1.165) is 19.0 Å². The van der Waals surface area contributed by atoms with E-state index in [1.807, 2.05) is 46.6 Å². The van der Waals surface area contributed by atoms with Crippen molar-refractivity contribution in [3.05, 3.63) is 86.3 Å². The maximum atomic E-state index is 2.61. The summed E-state index contributed by atoms with van der Waals surface area (Å²) in [4.78, 5) is 5.34. The lowest BCUT2D eigenvalue weighted by atomic mass is 9.77. The van der Waals surface area contributed by atoms with Gasteiger partial charge in [-0.05, 0) is 99.0 Å². The number of fused-ring (bicyclic) bond motifs is 3.